The standard InChI is InChI=1S/C12H8F2S2/c13-9-1-5-11(6-2-9)16(15)12-7-3-10(14)4-8-12/h1-8H. The lowest BCUT2D eigenvalue weighted by Crippen LogP contribution is -1.91. The molecule has 4 heteroatoms. The maximum absolute atomic E-state index is 12.7. The van der Waals surface area contributed by atoms with Gasteiger partial charge in [-0.15, -0.1) is 0 Å². The van der Waals surface area contributed by atoms with Crippen molar-refractivity contribution in [3.63, 3.8) is 0 Å². The Bertz CT molecular complexity index is 456. The van der Waals surface area contributed by atoms with Crippen LogP contribution in [-0.2, 0) is 20.6 Å². The lowest BCUT2D eigenvalue weighted by Gasteiger charge is -2.05. The fourth-order valence-electron chi connectivity index (χ4n) is 1.25. The smallest absolute Gasteiger partial charge is 0.123 e. The molecule has 0 unspecified atom stereocenters. The molecule has 0 aliphatic carbocycles. The summed E-state index contributed by atoms with van der Waals surface area (Å²) in [6, 6.07) is 12.2. The molecule has 0 saturated carbocycles. The van der Waals surface area contributed by atoms with Crippen molar-refractivity contribution < 1.29 is 8.78 Å². The highest BCUT2D eigenvalue weighted by molar-refractivity contribution is 8.28. The van der Waals surface area contributed by atoms with E-state index in [1.54, 1.807) is 24.3 Å². The van der Waals surface area contributed by atoms with Gasteiger partial charge in [-0.3, -0.25) is 0 Å². The zero-order valence-corrected chi connectivity index (χ0v) is 9.82. The van der Waals surface area contributed by atoms with E-state index in [2.05, 4.69) is 0 Å². The largest absolute Gasteiger partial charge is 0.207 e. The third-order valence-electron chi connectivity index (χ3n) is 2.06. The van der Waals surface area contributed by atoms with Gasteiger partial charge in [0.25, 0.3) is 0 Å². The van der Waals surface area contributed by atoms with E-state index in [-0.39, 0.29) is 11.6 Å². The van der Waals surface area contributed by atoms with Crippen LogP contribution in [0, 0.1) is 11.6 Å². The summed E-state index contributed by atoms with van der Waals surface area (Å²) < 4.78 is 25.4. The Morgan fingerprint density at radius 1 is 0.688 bits per heavy atom. The summed E-state index contributed by atoms with van der Waals surface area (Å²) in [5.74, 6) is -0.565. The third kappa shape index (κ3) is 2.51. The summed E-state index contributed by atoms with van der Waals surface area (Å²) in [7, 11) is -0.563. The van der Waals surface area contributed by atoms with E-state index in [4.69, 9.17) is 11.2 Å². The van der Waals surface area contributed by atoms with Crippen LogP contribution in [0.1, 0.15) is 0 Å². The molecule has 0 aliphatic heterocycles. The predicted octanol–water partition coefficient (Wildman–Crippen LogP) is 3.46. The molecule has 0 aromatic heterocycles. The number of hydrogen-bond donors (Lipinski definition) is 0. The normalized spacial score (nSPS) is 10.7. The summed E-state index contributed by atoms with van der Waals surface area (Å²) in [5.41, 5.74) is 0. The van der Waals surface area contributed by atoms with Crippen molar-refractivity contribution in [2.24, 2.45) is 0 Å². The average Bonchev–Trinajstić information content (AvgIpc) is 2.30. The summed E-state index contributed by atoms with van der Waals surface area (Å²) >= 11 is 5.34. The van der Waals surface area contributed by atoms with Crippen LogP contribution in [-0.4, -0.2) is 0 Å². The van der Waals surface area contributed by atoms with Crippen LogP contribution >= 0.6 is 0 Å². The maximum atomic E-state index is 12.7. The minimum Gasteiger partial charge on any atom is -0.207 e. The van der Waals surface area contributed by atoms with Gasteiger partial charge in [0, 0.05) is 9.79 Å². The molecular formula is C12H8F2S2. The highest BCUT2D eigenvalue weighted by Crippen LogP contribution is 2.17. The molecular weight excluding hydrogens is 246 g/mol. The van der Waals surface area contributed by atoms with Gasteiger partial charge < -0.3 is 0 Å². The van der Waals surface area contributed by atoms with E-state index in [1.165, 1.54) is 24.3 Å². The minimum atomic E-state index is -0.563. The first-order chi connectivity index (χ1) is 7.66. The second kappa shape index (κ2) is 4.80. The number of rotatable bonds is 2. The Hall–Kier alpha value is -1.13. The fraction of sp³-hybridized carbons (Fsp3) is 0. The van der Waals surface area contributed by atoms with Crippen molar-refractivity contribution in [1.29, 1.82) is 0 Å². The van der Waals surface area contributed by atoms with E-state index in [1.807, 2.05) is 0 Å². The van der Waals surface area contributed by atoms with Crippen LogP contribution in [0.15, 0.2) is 58.3 Å². The molecule has 0 atom stereocenters. The summed E-state index contributed by atoms with van der Waals surface area (Å²) in [4.78, 5) is 1.73. The zero-order valence-electron chi connectivity index (χ0n) is 8.19. The van der Waals surface area contributed by atoms with E-state index < -0.39 is 9.45 Å². The van der Waals surface area contributed by atoms with Crippen molar-refractivity contribution in [2.75, 3.05) is 0 Å². The van der Waals surface area contributed by atoms with Crippen LogP contribution in [0.2, 0.25) is 0 Å². The lowest BCUT2D eigenvalue weighted by atomic mass is 10.3. The van der Waals surface area contributed by atoms with Gasteiger partial charge in [0.05, 0.1) is 0 Å². The molecule has 2 rings (SSSR count). The lowest BCUT2D eigenvalue weighted by molar-refractivity contribution is 0.626. The SMILES string of the molecule is Fc1ccc(S(=S)c2ccc(F)cc2)cc1. The van der Waals surface area contributed by atoms with Crippen LogP contribution in [0.25, 0.3) is 0 Å². The van der Waals surface area contributed by atoms with Crippen molar-refractivity contribution in [3.05, 3.63) is 60.2 Å². The molecule has 0 bridgehead atoms. The molecule has 0 nitrogen and oxygen atoms in total. The van der Waals surface area contributed by atoms with Crippen LogP contribution < -0.4 is 0 Å². The molecule has 0 fully saturated rings. The van der Waals surface area contributed by atoms with Crippen LogP contribution in [0.3, 0.4) is 0 Å². The highest BCUT2D eigenvalue weighted by Gasteiger charge is 2.03. The Balaban J connectivity index is 2.32. The molecule has 0 N–H and O–H groups in total. The van der Waals surface area contributed by atoms with Crippen LogP contribution in [0.4, 0.5) is 8.78 Å². The quantitative estimate of drug-likeness (QED) is 0.791. The molecule has 2 aromatic rings. The Kier molecular flexibility index (Phi) is 3.41. The molecule has 0 amide bonds. The second-order valence-electron chi connectivity index (χ2n) is 3.18. The first kappa shape index (κ1) is 11.4. The molecule has 16 heavy (non-hydrogen) atoms. The van der Waals surface area contributed by atoms with E-state index in [9.17, 15) is 8.78 Å². The van der Waals surface area contributed by atoms with Gasteiger partial charge in [0.1, 0.15) is 11.6 Å². The Morgan fingerprint density at radius 3 is 1.31 bits per heavy atom. The number of halogens is 2. The van der Waals surface area contributed by atoms with Gasteiger partial charge in [-0.25, -0.2) is 8.78 Å². The first-order valence-electron chi connectivity index (χ1n) is 4.60. The van der Waals surface area contributed by atoms with Crippen LogP contribution in [0.5, 0.6) is 0 Å². The van der Waals surface area contributed by atoms with Gasteiger partial charge in [0.2, 0.25) is 0 Å². The molecule has 82 valence electrons. The minimum absolute atomic E-state index is 0.283. The monoisotopic (exact) mass is 254 g/mol. The predicted molar refractivity (Wildman–Crippen MR) is 64.1 cm³/mol. The fourth-order valence-corrected chi connectivity index (χ4v) is 2.96. The Labute approximate surface area is 99.5 Å². The summed E-state index contributed by atoms with van der Waals surface area (Å²) in [6.07, 6.45) is 0. The van der Waals surface area contributed by atoms with E-state index in [0.717, 1.165) is 9.79 Å². The van der Waals surface area contributed by atoms with Gasteiger partial charge in [-0.2, -0.15) is 0 Å². The molecule has 2 aromatic carbocycles. The van der Waals surface area contributed by atoms with Gasteiger partial charge >= 0.3 is 0 Å². The first-order valence-corrected chi connectivity index (χ1v) is 6.75. The Morgan fingerprint density at radius 2 is 1.00 bits per heavy atom. The van der Waals surface area contributed by atoms with Gasteiger partial charge in [-0.05, 0) is 59.7 Å². The van der Waals surface area contributed by atoms with Crippen molar-refractivity contribution in [3.8, 4) is 0 Å². The van der Waals surface area contributed by atoms with Gasteiger partial charge in [-0.1, -0.05) is 9.45 Å². The van der Waals surface area contributed by atoms with Gasteiger partial charge in [0.15, 0.2) is 0 Å². The number of hydrogen-bond acceptors (Lipinski definition) is 1. The van der Waals surface area contributed by atoms with E-state index in [0.29, 0.717) is 0 Å². The topological polar surface area (TPSA) is 0 Å². The second-order valence-corrected chi connectivity index (χ2v) is 5.66. The molecule has 0 heterocycles. The van der Waals surface area contributed by atoms with E-state index >= 15 is 0 Å². The maximum Gasteiger partial charge on any atom is 0.123 e. The molecule has 0 saturated heterocycles. The van der Waals surface area contributed by atoms with Crippen molar-refractivity contribution in [2.45, 2.75) is 9.79 Å². The van der Waals surface area contributed by atoms with Crippen molar-refractivity contribution >= 4 is 20.6 Å². The number of benzene rings is 2. The summed E-state index contributed by atoms with van der Waals surface area (Å²) in [6.45, 7) is 0. The third-order valence-corrected chi connectivity index (χ3v) is 4.61. The molecule has 0 radical (unpaired) electrons. The molecule has 0 aliphatic rings. The zero-order chi connectivity index (χ0) is 11.5. The average molecular weight is 254 g/mol. The molecule has 0 spiro atoms. The van der Waals surface area contributed by atoms with Crippen molar-refractivity contribution in [1.82, 2.24) is 0 Å². The summed E-state index contributed by atoms with van der Waals surface area (Å²) in [5, 5.41) is 0. The highest BCUT2D eigenvalue weighted by atomic mass is 32.8.